The number of benzene rings is 2. The van der Waals surface area contributed by atoms with E-state index in [1.165, 1.54) is 24.3 Å². The van der Waals surface area contributed by atoms with Crippen LogP contribution < -0.4 is 14.2 Å². The number of esters is 1. The third kappa shape index (κ3) is 3.97. The van der Waals surface area contributed by atoms with Gasteiger partial charge in [-0.3, -0.25) is 0 Å². The maximum atomic E-state index is 12.9. The molecule has 4 nitrogen and oxygen atoms in total. The number of carbonyl (C=O) groups excluding carboxylic acids is 1. The van der Waals surface area contributed by atoms with Crippen LogP contribution in [-0.4, -0.2) is 18.7 Å². The highest BCUT2D eigenvalue weighted by molar-refractivity contribution is 5.81. The van der Waals surface area contributed by atoms with Gasteiger partial charge in [-0.25, -0.2) is 9.18 Å². The van der Waals surface area contributed by atoms with Crippen molar-refractivity contribution in [2.24, 2.45) is 0 Å². The van der Waals surface area contributed by atoms with Gasteiger partial charge < -0.3 is 14.2 Å². The Bertz CT molecular complexity index is 633. The summed E-state index contributed by atoms with van der Waals surface area (Å²) in [5.74, 6) is 0.522. The quantitative estimate of drug-likeness (QED) is 0.625. The number of ether oxygens (including phenoxy) is 3. The van der Waals surface area contributed by atoms with Crippen LogP contribution in [0.2, 0.25) is 0 Å². The van der Waals surface area contributed by atoms with E-state index in [2.05, 4.69) is 0 Å². The minimum absolute atomic E-state index is 0.369. The lowest BCUT2D eigenvalue weighted by molar-refractivity contribution is -0.149. The fraction of sp³-hybridized carbons (Fsp3) is 0.235. The lowest BCUT2D eigenvalue weighted by atomic mass is 10.1. The van der Waals surface area contributed by atoms with Gasteiger partial charge in [0, 0.05) is 0 Å². The van der Waals surface area contributed by atoms with Crippen molar-refractivity contribution in [3.8, 4) is 17.2 Å². The van der Waals surface area contributed by atoms with Gasteiger partial charge in [0.2, 0.25) is 5.60 Å². The highest BCUT2D eigenvalue weighted by Gasteiger charge is 2.32. The van der Waals surface area contributed by atoms with Crippen LogP contribution in [0.5, 0.6) is 17.2 Å². The Morgan fingerprint density at radius 3 is 1.95 bits per heavy atom. The van der Waals surface area contributed by atoms with Crippen molar-refractivity contribution in [2.75, 3.05) is 7.11 Å². The van der Waals surface area contributed by atoms with Crippen molar-refractivity contribution in [1.29, 1.82) is 0 Å². The Kier molecular flexibility index (Phi) is 4.65. The van der Waals surface area contributed by atoms with E-state index in [0.29, 0.717) is 17.2 Å². The summed E-state index contributed by atoms with van der Waals surface area (Å²) >= 11 is 0. The molecule has 116 valence electrons. The molecular formula is C17H17FO4. The first kappa shape index (κ1) is 15.8. The normalized spacial score (nSPS) is 10.9. The first-order chi connectivity index (χ1) is 10.4. The van der Waals surface area contributed by atoms with E-state index < -0.39 is 11.6 Å². The summed E-state index contributed by atoms with van der Waals surface area (Å²) in [7, 11) is 1.56. The van der Waals surface area contributed by atoms with Gasteiger partial charge in [0.05, 0.1) is 7.11 Å². The SMILES string of the molecule is COc1ccc(OC(=O)C(C)(C)Oc2ccc(F)cc2)cc1. The van der Waals surface area contributed by atoms with Gasteiger partial charge in [-0.05, 0) is 62.4 Å². The molecule has 2 rings (SSSR count). The summed E-state index contributed by atoms with van der Waals surface area (Å²) < 4.78 is 28.8. The molecule has 0 saturated carbocycles. The van der Waals surface area contributed by atoms with E-state index in [9.17, 15) is 9.18 Å². The van der Waals surface area contributed by atoms with Crippen LogP contribution in [0.1, 0.15) is 13.8 Å². The molecule has 0 heterocycles. The maximum absolute atomic E-state index is 12.9. The van der Waals surface area contributed by atoms with Crippen LogP contribution in [0.3, 0.4) is 0 Å². The van der Waals surface area contributed by atoms with E-state index in [1.807, 2.05) is 0 Å². The Balaban J connectivity index is 2.04. The van der Waals surface area contributed by atoms with Crippen molar-refractivity contribution in [3.63, 3.8) is 0 Å². The summed E-state index contributed by atoms with van der Waals surface area (Å²) in [4.78, 5) is 12.2. The Morgan fingerprint density at radius 1 is 0.909 bits per heavy atom. The minimum atomic E-state index is -1.21. The largest absolute Gasteiger partial charge is 0.497 e. The number of hydrogen-bond acceptors (Lipinski definition) is 4. The standard InChI is InChI=1S/C17H17FO4/c1-17(2,22-15-6-4-12(18)5-7-15)16(19)21-14-10-8-13(20-3)9-11-14/h4-11H,1-3H3. The molecule has 0 fully saturated rings. The smallest absolute Gasteiger partial charge is 0.355 e. The number of rotatable bonds is 5. The zero-order chi connectivity index (χ0) is 16.2. The Labute approximate surface area is 128 Å². The van der Waals surface area contributed by atoms with Crippen LogP contribution in [0.25, 0.3) is 0 Å². The second-order valence-corrected chi connectivity index (χ2v) is 5.13. The molecule has 22 heavy (non-hydrogen) atoms. The van der Waals surface area contributed by atoms with Crippen molar-refractivity contribution < 1.29 is 23.4 Å². The van der Waals surface area contributed by atoms with Crippen LogP contribution in [0.4, 0.5) is 4.39 Å². The van der Waals surface area contributed by atoms with E-state index in [-0.39, 0.29) is 5.82 Å². The van der Waals surface area contributed by atoms with Gasteiger partial charge in [-0.1, -0.05) is 0 Å². The highest BCUT2D eigenvalue weighted by atomic mass is 19.1. The molecule has 2 aromatic carbocycles. The Morgan fingerprint density at radius 2 is 1.41 bits per heavy atom. The van der Waals surface area contributed by atoms with Gasteiger partial charge >= 0.3 is 5.97 Å². The predicted molar refractivity (Wildman–Crippen MR) is 79.7 cm³/mol. The van der Waals surface area contributed by atoms with Crippen molar-refractivity contribution in [3.05, 3.63) is 54.3 Å². The lowest BCUT2D eigenvalue weighted by Crippen LogP contribution is -2.41. The number of halogens is 1. The first-order valence-corrected chi connectivity index (χ1v) is 6.71. The molecule has 0 aliphatic rings. The topological polar surface area (TPSA) is 44.8 Å². The molecule has 2 aromatic rings. The second kappa shape index (κ2) is 6.47. The van der Waals surface area contributed by atoms with Gasteiger partial charge in [-0.2, -0.15) is 0 Å². The van der Waals surface area contributed by atoms with Crippen LogP contribution >= 0.6 is 0 Å². The van der Waals surface area contributed by atoms with Gasteiger partial charge in [0.1, 0.15) is 23.1 Å². The monoisotopic (exact) mass is 304 g/mol. The summed E-state index contributed by atoms with van der Waals surface area (Å²) in [6, 6.07) is 12.1. The predicted octanol–water partition coefficient (Wildman–Crippen LogP) is 3.60. The van der Waals surface area contributed by atoms with Crippen molar-refractivity contribution in [1.82, 2.24) is 0 Å². The average molecular weight is 304 g/mol. The molecule has 0 unspecified atom stereocenters. The molecule has 0 aliphatic carbocycles. The molecule has 5 heteroatoms. The maximum Gasteiger partial charge on any atom is 0.355 e. The first-order valence-electron chi connectivity index (χ1n) is 6.71. The van der Waals surface area contributed by atoms with Gasteiger partial charge in [0.25, 0.3) is 0 Å². The molecule has 0 bridgehead atoms. The molecule has 0 atom stereocenters. The van der Waals surface area contributed by atoms with E-state index in [1.54, 1.807) is 45.2 Å². The fourth-order valence-electron chi connectivity index (χ4n) is 1.71. The van der Waals surface area contributed by atoms with Gasteiger partial charge in [0.15, 0.2) is 0 Å². The molecule has 0 aliphatic heterocycles. The van der Waals surface area contributed by atoms with Crippen LogP contribution in [0, 0.1) is 5.82 Å². The average Bonchev–Trinajstić information content (AvgIpc) is 2.50. The summed E-state index contributed by atoms with van der Waals surface area (Å²) in [6.07, 6.45) is 0. The number of methoxy groups -OCH3 is 1. The van der Waals surface area contributed by atoms with Crippen molar-refractivity contribution in [2.45, 2.75) is 19.4 Å². The minimum Gasteiger partial charge on any atom is -0.497 e. The second-order valence-electron chi connectivity index (χ2n) is 5.13. The molecule has 0 aromatic heterocycles. The number of hydrogen-bond donors (Lipinski definition) is 0. The molecule has 0 N–H and O–H groups in total. The van der Waals surface area contributed by atoms with Crippen LogP contribution in [-0.2, 0) is 4.79 Å². The van der Waals surface area contributed by atoms with Crippen LogP contribution in [0.15, 0.2) is 48.5 Å². The van der Waals surface area contributed by atoms with E-state index in [4.69, 9.17) is 14.2 Å². The lowest BCUT2D eigenvalue weighted by Gasteiger charge is -2.24. The molecule has 0 spiro atoms. The summed E-state index contributed by atoms with van der Waals surface area (Å²) in [5, 5.41) is 0. The zero-order valence-electron chi connectivity index (χ0n) is 12.6. The third-order valence-corrected chi connectivity index (χ3v) is 2.95. The fourth-order valence-corrected chi connectivity index (χ4v) is 1.71. The Hall–Kier alpha value is -2.56. The highest BCUT2D eigenvalue weighted by Crippen LogP contribution is 2.22. The molecule has 0 saturated heterocycles. The molecule has 0 amide bonds. The van der Waals surface area contributed by atoms with Gasteiger partial charge in [-0.15, -0.1) is 0 Å². The van der Waals surface area contributed by atoms with E-state index >= 15 is 0 Å². The summed E-state index contributed by atoms with van der Waals surface area (Å²) in [6.45, 7) is 3.17. The van der Waals surface area contributed by atoms with Crippen molar-refractivity contribution >= 4 is 5.97 Å². The third-order valence-electron chi connectivity index (χ3n) is 2.95. The zero-order valence-corrected chi connectivity index (χ0v) is 12.6. The molecule has 0 radical (unpaired) electrons. The van der Waals surface area contributed by atoms with E-state index in [0.717, 1.165) is 0 Å². The molecular weight excluding hydrogens is 287 g/mol. The number of carbonyl (C=O) groups is 1. The summed E-state index contributed by atoms with van der Waals surface area (Å²) in [5.41, 5.74) is -1.21.